The molecule has 0 bridgehead atoms. The summed E-state index contributed by atoms with van der Waals surface area (Å²) in [6.07, 6.45) is 0. The highest BCUT2D eigenvalue weighted by Crippen LogP contribution is 2.13. The highest BCUT2D eigenvalue weighted by molar-refractivity contribution is 5.95. The van der Waals surface area contributed by atoms with Gasteiger partial charge in [0.1, 0.15) is 5.82 Å². The SMILES string of the molecule is CN(C)C(=O)c1ccc(NCC(=O)Nc2ccccc2F)cc1. The van der Waals surface area contributed by atoms with Crippen LogP contribution in [0, 0.1) is 5.82 Å². The summed E-state index contributed by atoms with van der Waals surface area (Å²) in [6, 6.07) is 12.8. The maximum absolute atomic E-state index is 13.4. The lowest BCUT2D eigenvalue weighted by Crippen LogP contribution is -2.23. The van der Waals surface area contributed by atoms with Crippen molar-refractivity contribution in [2.75, 3.05) is 31.3 Å². The Morgan fingerprint density at radius 2 is 1.70 bits per heavy atom. The number of benzene rings is 2. The van der Waals surface area contributed by atoms with Crippen LogP contribution in [0.15, 0.2) is 48.5 Å². The Balaban J connectivity index is 1.89. The summed E-state index contributed by atoms with van der Waals surface area (Å²) in [6.45, 7) is -0.00465. The van der Waals surface area contributed by atoms with Gasteiger partial charge in [-0.05, 0) is 36.4 Å². The monoisotopic (exact) mass is 315 g/mol. The molecule has 0 unspecified atom stereocenters. The molecule has 2 aromatic carbocycles. The van der Waals surface area contributed by atoms with Gasteiger partial charge in [0, 0.05) is 25.3 Å². The molecule has 120 valence electrons. The van der Waals surface area contributed by atoms with Gasteiger partial charge < -0.3 is 15.5 Å². The zero-order chi connectivity index (χ0) is 16.8. The zero-order valence-corrected chi connectivity index (χ0v) is 13.0. The molecule has 0 aliphatic rings. The van der Waals surface area contributed by atoms with Crippen molar-refractivity contribution in [2.45, 2.75) is 0 Å². The number of hydrogen-bond donors (Lipinski definition) is 2. The lowest BCUT2D eigenvalue weighted by Gasteiger charge is -2.11. The summed E-state index contributed by atoms with van der Waals surface area (Å²) in [5.41, 5.74) is 1.41. The van der Waals surface area contributed by atoms with Crippen molar-refractivity contribution in [2.24, 2.45) is 0 Å². The van der Waals surface area contributed by atoms with Crippen molar-refractivity contribution in [3.8, 4) is 0 Å². The number of hydrogen-bond acceptors (Lipinski definition) is 3. The Morgan fingerprint density at radius 1 is 1.04 bits per heavy atom. The molecule has 2 rings (SSSR count). The molecule has 0 saturated carbocycles. The molecule has 0 aliphatic heterocycles. The van der Waals surface area contributed by atoms with E-state index in [1.54, 1.807) is 50.5 Å². The van der Waals surface area contributed by atoms with Crippen LogP contribution < -0.4 is 10.6 Å². The summed E-state index contributed by atoms with van der Waals surface area (Å²) >= 11 is 0. The first-order chi connectivity index (χ1) is 11.0. The van der Waals surface area contributed by atoms with Gasteiger partial charge in [0.05, 0.1) is 12.2 Å². The van der Waals surface area contributed by atoms with Gasteiger partial charge in [0.15, 0.2) is 0 Å². The molecule has 0 saturated heterocycles. The van der Waals surface area contributed by atoms with Crippen LogP contribution in [-0.2, 0) is 4.79 Å². The second kappa shape index (κ2) is 7.40. The van der Waals surface area contributed by atoms with E-state index in [9.17, 15) is 14.0 Å². The molecule has 6 heteroatoms. The topological polar surface area (TPSA) is 61.4 Å². The van der Waals surface area contributed by atoms with E-state index in [0.717, 1.165) is 0 Å². The third-order valence-electron chi connectivity index (χ3n) is 3.14. The smallest absolute Gasteiger partial charge is 0.253 e. The van der Waals surface area contributed by atoms with Crippen LogP contribution >= 0.6 is 0 Å². The second-order valence-corrected chi connectivity index (χ2v) is 5.16. The van der Waals surface area contributed by atoms with Crippen molar-refractivity contribution in [1.82, 2.24) is 4.90 Å². The van der Waals surface area contributed by atoms with E-state index >= 15 is 0 Å². The van der Waals surface area contributed by atoms with Crippen LogP contribution in [0.4, 0.5) is 15.8 Å². The molecule has 2 amide bonds. The third kappa shape index (κ3) is 4.54. The normalized spacial score (nSPS) is 10.0. The molecule has 0 aromatic heterocycles. The van der Waals surface area contributed by atoms with E-state index in [2.05, 4.69) is 10.6 Å². The maximum Gasteiger partial charge on any atom is 0.253 e. The van der Waals surface area contributed by atoms with Gasteiger partial charge in [-0.1, -0.05) is 12.1 Å². The van der Waals surface area contributed by atoms with E-state index in [1.807, 2.05) is 0 Å². The van der Waals surface area contributed by atoms with Crippen LogP contribution in [0.25, 0.3) is 0 Å². The average Bonchev–Trinajstić information content (AvgIpc) is 2.55. The fraction of sp³-hybridized carbons (Fsp3) is 0.176. The van der Waals surface area contributed by atoms with Crippen molar-refractivity contribution < 1.29 is 14.0 Å². The van der Waals surface area contributed by atoms with E-state index in [4.69, 9.17) is 0 Å². The van der Waals surface area contributed by atoms with E-state index < -0.39 is 5.82 Å². The molecule has 0 spiro atoms. The number of halogens is 1. The Hall–Kier alpha value is -2.89. The van der Waals surface area contributed by atoms with Gasteiger partial charge in [-0.2, -0.15) is 0 Å². The van der Waals surface area contributed by atoms with Crippen molar-refractivity contribution in [1.29, 1.82) is 0 Å². The van der Waals surface area contributed by atoms with Crippen molar-refractivity contribution in [3.63, 3.8) is 0 Å². The molecule has 0 fully saturated rings. The minimum Gasteiger partial charge on any atom is -0.376 e. The van der Waals surface area contributed by atoms with Gasteiger partial charge in [0.2, 0.25) is 5.91 Å². The number of nitrogens with zero attached hydrogens (tertiary/aromatic N) is 1. The third-order valence-corrected chi connectivity index (χ3v) is 3.14. The second-order valence-electron chi connectivity index (χ2n) is 5.16. The predicted molar refractivity (Wildman–Crippen MR) is 88.0 cm³/mol. The molecule has 0 aliphatic carbocycles. The average molecular weight is 315 g/mol. The standard InChI is InChI=1S/C17H18FN3O2/c1-21(2)17(23)12-7-9-13(10-8-12)19-11-16(22)20-15-6-4-3-5-14(15)18/h3-10,19H,11H2,1-2H3,(H,20,22). The summed E-state index contributed by atoms with van der Waals surface area (Å²) in [4.78, 5) is 25.1. The molecule has 0 heterocycles. The zero-order valence-electron chi connectivity index (χ0n) is 13.0. The van der Waals surface area contributed by atoms with Gasteiger partial charge in [-0.15, -0.1) is 0 Å². The predicted octanol–water partition coefficient (Wildman–Crippen LogP) is 2.58. The summed E-state index contributed by atoms with van der Waals surface area (Å²) in [7, 11) is 3.36. The van der Waals surface area contributed by atoms with Gasteiger partial charge >= 0.3 is 0 Å². The fourth-order valence-electron chi connectivity index (χ4n) is 1.93. The van der Waals surface area contributed by atoms with E-state index in [0.29, 0.717) is 11.3 Å². The number of carbonyl (C=O) groups excluding carboxylic acids is 2. The van der Waals surface area contributed by atoms with E-state index in [1.165, 1.54) is 17.0 Å². The first kappa shape index (κ1) is 16.5. The van der Waals surface area contributed by atoms with Crippen LogP contribution in [0.3, 0.4) is 0 Å². The number of para-hydroxylation sites is 1. The maximum atomic E-state index is 13.4. The number of amides is 2. The van der Waals surface area contributed by atoms with E-state index in [-0.39, 0.29) is 24.0 Å². The largest absolute Gasteiger partial charge is 0.376 e. The Bertz CT molecular complexity index is 699. The molecular formula is C17H18FN3O2. The highest BCUT2D eigenvalue weighted by atomic mass is 19.1. The molecule has 23 heavy (non-hydrogen) atoms. The van der Waals surface area contributed by atoms with Gasteiger partial charge in [0.25, 0.3) is 5.91 Å². The number of rotatable bonds is 5. The Labute approximate surface area is 134 Å². The van der Waals surface area contributed by atoms with Crippen molar-refractivity contribution >= 4 is 23.2 Å². The van der Waals surface area contributed by atoms with Gasteiger partial charge in [-0.25, -0.2) is 4.39 Å². The first-order valence-electron chi connectivity index (χ1n) is 7.07. The quantitative estimate of drug-likeness (QED) is 0.891. The fourth-order valence-corrected chi connectivity index (χ4v) is 1.93. The molecular weight excluding hydrogens is 297 g/mol. The molecule has 0 radical (unpaired) electrons. The van der Waals surface area contributed by atoms with Gasteiger partial charge in [-0.3, -0.25) is 9.59 Å². The van der Waals surface area contributed by atoms with Crippen LogP contribution in [0.2, 0.25) is 0 Å². The summed E-state index contributed by atoms with van der Waals surface area (Å²) in [5.74, 6) is -0.926. The number of carbonyl (C=O) groups is 2. The summed E-state index contributed by atoms with van der Waals surface area (Å²) < 4.78 is 13.4. The molecule has 2 aromatic rings. The Morgan fingerprint density at radius 3 is 2.30 bits per heavy atom. The lowest BCUT2D eigenvalue weighted by molar-refractivity contribution is -0.114. The van der Waals surface area contributed by atoms with Crippen molar-refractivity contribution in [3.05, 3.63) is 59.9 Å². The molecule has 5 nitrogen and oxygen atoms in total. The van der Waals surface area contributed by atoms with Crippen LogP contribution in [0.1, 0.15) is 10.4 Å². The number of nitrogens with one attached hydrogen (secondary N) is 2. The minimum absolute atomic E-state index is 0.00465. The first-order valence-corrected chi connectivity index (χ1v) is 7.07. The molecule has 0 atom stereocenters. The Kier molecular flexibility index (Phi) is 5.30. The molecule has 2 N–H and O–H groups in total. The lowest BCUT2D eigenvalue weighted by atomic mass is 10.2. The number of anilines is 2. The highest BCUT2D eigenvalue weighted by Gasteiger charge is 2.08. The minimum atomic E-state index is -0.479. The van der Waals surface area contributed by atoms with Crippen LogP contribution in [0.5, 0.6) is 0 Å². The summed E-state index contributed by atoms with van der Waals surface area (Å²) in [5, 5.41) is 5.41. The van der Waals surface area contributed by atoms with Crippen LogP contribution in [-0.4, -0.2) is 37.4 Å².